The van der Waals surface area contributed by atoms with Crippen LogP contribution in [0.3, 0.4) is 0 Å². The summed E-state index contributed by atoms with van der Waals surface area (Å²) in [6.45, 7) is 1.96. The average Bonchev–Trinajstić information content (AvgIpc) is 2.35. The van der Waals surface area contributed by atoms with Crippen molar-refractivity contribution in [3.63, 3.8) is 0 Å². The fourth-order valence-electron chi connectivity index (χ4n) is 1.04. The van der Waals surface area contributed by atoms with E-state index in [-0.39, 0.29) is 11.9 Å². The summed E-state index contributed by atoms with van der Waals surface area (Å²) in [6, 6.07) is 4.03. The predicted molar refractivity (Wildman–Crippen MR) is 43.0 cm³/mol. The Balaban J connectivity index is 2.56. The van der Waals surface area contributed by atoms with Gasteiger partial charge >= 0.3 is 0 Å². The molecule has 0 bridgehead atoms. The van der Waals surface area contributed by atoms with Gasteiger partial charge in [-0.05, 0) is 19.1 Å². The summed E-state index contributed by atoms with van der Waals surface area (Å²) >= 11 is 0. The van der Waals surface area contributed by atoms with Gasteiger partial charge in [0.1, 0.15) is 0 Å². The maximum absolute atomic E-state index is 10.5. The van der Waals surface area contributed by atoms with Crippen LogP contribution in [-0.2, 0) is 4.79 Å². The van der Waals surface area contributed by atoms with Crippen molar-refractivity contribution in [3.8, 4) is 0 Å². The molecular weight excluding hydrogens is 140 g/mol. The van der Waals surface area contributed by atoms with Crippen LogP contribution in [0.25, 0.3) is 0 Å². The zero-order valence-corrected chi connectivity index (χ0v) is 6.53. The Morgan fingerprint density at radius 2 is 2.09 bits per heavy atom. The van der Waals surface area contributed by atoms with E-state index < -0.39 is 0 Å². The van der Waals surface area contributed by atoms with Gasteiger partial charge in [0.05, 0.1) is 0 Å². The van der Waals surface area contributed by atoms with Crippen molar-refractivity contribution in [3.05, 3.63) is 24.5 Å². The molecule has 1 atom stereocenters. The second-order valence-electron chi connectivity index (χ2n) is 2.65. The Kier molecular flexibility index (Phi) is 2.31. The third kappa shape index (κ3) is 2.11. The van der Waals surface area contributed by atoms with E-state index in [1.54, 1.807) is 0 Å². The first kappa shape index (κ1) is 7.85. The van der Waals surface area contributed by atoms with E-state index in [0.29, 0.717) is 6.42 Å². The SMILES string of the molecule is CC(CC(N)=O)n1cccc1. The Labute approximate surface area is 65.8 Å². The first-order valence-electron chi connectivity index (χ1n) is 3.61. The lowest BCUT2D eigenvalue weighted by atomic mass is 10.2. The molecule has 0 aliphatic rings. The van der Waals surface area contributed by atoms with Gasteiger partial charge in [-0.15, -0.1) is 0 Å². The fraction of sp³-hybridized carbons (Fsp3) is 0.375. The number of nitrogens with zero attached hydrogens (tertiary/aromatic N) is 1. The van der Waals surface area contributed by atoms with Crippen molar-refractivity contribution in [2.24, 2.45) is 5.73 Å². The standard InChI is InChI=1S/C8H12N2O/c1-7(6-8(9)11)10-4-2-3-5-10/h2-5,7H,6H2,1H3,(H2,9,11). The summed E-state index contributed by atoms with van der Waals surface area (Å²) in [7, 11) is 0. The zero-order valence-electron chi connectivity index (χ0n) is 6.53. The predicted octanol–water partition coefficient (Wildman–Crippen LogP) is 0.924. The Hall–Kier alpha value is -1.25. The average molecular weight is 152 g/mol. The molecular formula is C8H12N2O. The highest BCUT2D eigenvalue weighted by Gasteiger charge is 2.05. The highest BCUT2D eigenvalue weighted by atomic mass is 16.1. The van der Waals surface area contributed by atoms with Gasteiger partial charge in [0.2, 0.25) is 5.91 Å². The molecule has 0 radical (unpaired) electrons. The van der Waals surface area contributed by atoms with Gasteiger partial charge in [0.25, 0.3) is 0 Å². The van der Waals surface area contributed by atoms with Gasteiger partial charge in [-0.25, -0.2) is 0 Å². The van der Waals surface area contributed by atoms with E-state index >= 15 is 0 Å². The Bertz CT molecular complexity index is 228. The summed E-state index contributed by atoms with van der Waals surface area (Å²) in [5.74, 6) is -0.258. The number of primary amides is 1. The molecule has 1 aromatic heterocycles. The molecule has 0 saturated carbocycles. The fourth-order valence-corrected chi connectivity index (χ4v) is 1.04. The number of rotatable bonds is 3. The van der Waals surface area contributed by atoms with Crippen molar-refractivity contribution in [1.82, 2.24) is 4.57 Å². The molecule has 2 N–H and O–H groups in total. The Morgan fingerprint density at radius 1 is 1.55 bits per heavy atom. The van der Waals surface area contributed by atoms with Gasteiger partial charge in [-0.2, -0.15) is 0 Å². The molecule has 1 heterocycles. The van der Waals surface area contributed by atoms with E-state index in [2.05, 4.69) is 0 Å². The summed E-state index contributed by atoms with van der Waals surface area (Å²) in [5, 5.41) is 0. The van der Waals surface area contributed by atoms with Gasteiger partial charge in [-0.1, -0.05) is 0 Å². The molecule has 0 fully saturated rings. The van der Waals surface area contributed by atoms with E-state index in [9.17, 15) is 4.79 Å². The highest BCUT2D eigenvalue weighted by molar-refractivity contribution is 5.74. The molecule has 1 unspecified atom stereocenters. The first-order valence-corrected chi connectivity index (χ1v) is 3.61. The molecule has 1 amide bonds. The van der Waals surface area contributed by atoms with Crippen LogP contribution in [0, 0.1) is 0 Å². The quantitative estimate of drug-likeness (QED) is 0.688. The van der Waals surface area contributed by atoms with Crippen molar-refractivity contribution >= 4 is 5.91 Å². The summed E-state index contributed by atoms with van der Waals surface area (Å²) < 4.78 is 1.96. The monoisotopic (exact) mass is 152 g/mol. The molecule has 0 spiro atoms. The first-order chi connectivity index (χ1) is 5.20. The van der Waals surface area contributed by atoms with Crippen molar-refractivity contribution in [2.45, 2.75) is 19.4 Å². The third-order valence-electron chi connectivity index (χ3n) is 1.63. The van der Waals surface area contributed by atoms with Crippen LogP contribution in [0.5, 0.6) is 0 Å². The zero-order chi connectivity index (χ0) is 8.27. The number of amides is 1. The molecule has 0 aliphatic carbocycles. The van der Waals surface area contributed by atoms with Crippen molar-refractivity contribution < 1.29 is 4.79 Å². The van der Waals surface area contributed by atoms with Crippen molar-refractivity contribution in [1.29, 1.82) is 0 Å². The molecule has 1 rings (SSSR count). The summed E-state index contributed by atoms with van der Waals surface area (Å²) in [4.78, 5) is 10.5. The number of carbonyl (C=O) groups is 1. The number of aromatic nitrogens is 1. The molecule has 0 aromatic carbocycles. The van der Waals surface area contributed by atoms with E-state index in [1.165, 1.54) is 0 Å². The number of carbonyl (C=O) groups excluding carboxylic acids is 1. The van der Waals surface area contributed by atoms with Crippen LogP contribution >= 0.6 is 0 Å². The van der Waals surface area contributed by atoms with E-state index in [1.807, 2.05) is 36.0 Å². The maximum Gasteiger partial charge on any atom is 0.219 e. The van der Waals surface area contributed by atoms with Gasteiger partial charge < -0.3 is 10.3 Å². The van der Waals surface area contributed by atoms with Crippen LogP contribution in [-0.4, -0.2) is 10.5 Å². The third-order valence-corrected chi connectivity index (χ3v) is 1.63. The van der Waals surface area contributed by atoms with Crippen LogP contribution < -0.4 is 5.73 Å². The maximum atomic E-state index is 10.5. The summed E-state index contributed by atoms with van der Waals surface area (Å²) in [6.07, 6.45) is 4.25. The lowest BCUT2D eigenvalue weighted by Gasteiger charge is -2.10. The molecule has 60 valence electrons. The van der Waals surface area contributed by atoms with Crippen LogP contribution in [0.2, 0.25) is 0 Å². The van der Waals surface area contributed by atoms with Gasteiger partial charge in [0, 0.05) is 24.9 Å². The molecule has 1 aromatic rings. The second kappa shape index (κ2) is 3.23. The normalized spacial score (nSPS) is 12.8. The van der Waals surface area contributed by atoms with Crippen molar-refractivity contribution in [2.75, 3.05) is 0 Å². The second-order valence-corrected chi connectivity index (χ2v) is 2.65. The van der Waals surface area contributed by atoms with E-state index in [0.717, 1.165) is 0 Å². The van der Waals surface area contributed by atoms with E-state index in [4.69, 9.17) is 5.73 Å². The van der Waals surface area contributed by atoms with Crippen LogP contribution in [0.1, 0.15) is 19.4 Å². The van der Waals surface area contributed by atoms with Crippen LogP contribution in [0.4, 0.5) is 0 Å². The number of nitrogens with two attached hydrogens (primary N) is 1. The summed E-state index contributed by atoms with van der Waals surface area (Å²) in [5.41, 5.74) is 5.05. The minimum atomic E-state index is -0.258. The molecule has 3 heteroatoms. The lowest BCUT2D eigenvalue weighted by Crippen LogP contribution is -2.16. The number of hydrogen-bond acceptors (Lipinski definition) is 1. The topological polar surface area (TPSA) is 48.0 Å². The minimum absolute atomic E-state index is 0.169. The molecule has 3 nitrogen and oxygen atoms in total. The highest BCUT2D eigenvalue weighted by Crippen LogP contribution is 2.08. The minimum Gasteiger partial charge on any atom is -0.370 e. The van der Waals surface area contributed by atoms with Gasteiger partial charge in [-0.3, -0.25) is 4.79 Å². The molecule has 11 heavy (non-hydrogen) atoms. The number of hydrogen-bond donors (Lipinski definition) is 1. The van der Waals surface area contributed by atoms with Crippen LogP contribution in [0.15, 0.2) is 24.5 Å². The smallest absolute Gasteiger partial charge is 0.219 e. The van der Waals surface area contributed by atoms with Gasteiger partial charge in [0.15, 0.2) is 0 Å². The molecule has 0 aliphatic heterocycles. The lowest BCUT2D eigenvalue weighted by molar-refractivity contribution is -0.118. The largest absolute Gasteiger partial charge is 0.370 e. The Morgan fingerprint density at radius 3 is 2.55 bits per heavy atom. The molecule has 0 saturated heterocycles.